The first-order valence-electron chi connectivity index (χ1n) is 7.12. The average molecular weight is 328 g/mol. The summed E-state index contributed by atoms with van der Waals surface area (Å²) in [5.41, 5.74) is -0.541. The number of hydrogen-bond donors (Lipinski definition) is 0. The van der Waals surface area contributed by atoms with Crippen LogP contribution in [-0.4, -0.2) is 48.5 Å². The summed E-state index contributed by atoms with van der Waals surface area (Å²) in [5.74, 6) is -0.666. The molecule has 0 radical (unpaired) electrons. The fraction of sp³-hybridized carbons (Fsp3) is 0.571. The molecular formula is C14H20N2O7. The van der Waals surface area contributed by atoms with Gasteiger partial charge in [-0.2, -0.15) is 0 Å². The van der Waals surface area contributed by atoms with Gasteiger partial charge in [0.1, 0.15) is 13.2 Å². The van der Waals surface area contributed by atoms with E-state index in [4.69, 9.17) is 14.2 Å². The molecule has 128 valence electrons. The molecule has 0 aromatic carbocycles. The van der Waals surface area contributed by atoms with Crippen LogP contribution in [0.25, 0.3) is 0 Å². The zero-order valence-corrected chi connectivity index (χ0v) is 13.1. The number of hydrogen-bond acceptors (Lipinski definition) is 7. The lowest BCUT2D eigenvalue weighted by molar-refractivity contribution is -0.385. The van der Waals surface area contributed by atoms with E-state index in [-0.39, 0.29) is 31.0 Å². The van der Waals surface area contributed by atoms with Crippen molar-refractivity contribution in [1.29, 1.82) is 0 Å². The molecule has 1 aromatic heterocycles. The van der Waals surface area contributed by atoms with Gasteiger partial charge in [0.05, 0.1) is 30.9 Å². The highest BCUT2D eigenvalue weighted by Gasteiger charge is 2.14. The smallest absolute Gasteiger partial charge is 0.326 e. The second-order valence-electron chi connectivity index (χ2n) is 4.60. The van der Waals surface area contributed by atoms with Gasteiger partial charge < -0.3 is 14.2 Å². The molecule has 0 atom stereocenters. The van der Waals surface area contributed by atoms with Gasteiger partial charge in [-0.25, -0.2) is 0 Å². The number of ether oxygens (including phenoxy) is 3. The Bertz CT molecular complexity index is 597. The van der Waals surface area contributed by atoms with Crippen LogP contribution in [0.5, 0.6) is 0 Å². The highest BCUT2D eigenvalue weighted by Crippen LogP contribution is 2.09. The first-order valence-corrected chi connectivity index (χ1v) is 7.12. The summed E-state index contributed by atoms with van der Waals surface area (Å²) in [6.07, 6.45) is 1.02. The minimum atomic E-state index is -0.666. The number of rotatable bonds is 10. The van der Waals surface area contributed by atoms with Crippen LogP contribution in [0.4, 0.5) is 5.69 Å². The zero-order valence-electron chi connectivity index (χ0n) is 13.1. The van der Waals surface area contributed by atoms with E-state index in [1.165, 1.54) is 6.92 Å². The van der Waals surface area contributed by atoms with E-state index in [0.29, 0.717) is 19.8 Å². The lowest BCUT2D eigenvalue weighted by atomic mass is 10.3. The van der Waals surface area contributed by atoms with E-state index in [9.17, 15) is 19.7 Å². The number of aryl methyl sites for hydroxylation is 1. The third-order valence-electron chi connectivity index (χ3n) is 2.83. The number of esters is 1. The van der Waals surface area contributed by atoms with Crippen LogP contribution in [0, 0.1) is 17.0 Å². The highest BCUT2D eigenvalue weighted by atomic mass is 16.6. The maximum atomic E-state index is 11.8. The molecule has 23 heavy (non-hydrogen) atoms. The van der Waals surface area contributed by atoms with Gasteiger partial charge in [0.25, 0.3) is 11.2 Å². The number of nitrogens with zero attached hydrogens (tertiary/aromatic N) is 2. The van der Waals surface area contributed by atoms with Crippen LogP contribution >= 0.6 is 0 Å². The van der Waals surface area contributed by atoms with E-state index >= 15 is 0 Å². The van der Waals surface area contributed by atoms with Crippen molar-refractivity contribution in [1.82, 2.24) is 4.57 Å². The number of carbonyl (C=O) groups is 1. The molecule has 0 saturated heterocycles. The summed E-state index contributed by atoms with van der Waals surface area (Å²) in [7, 11) is 0. The first-order chi connectivity index (χ1) is 11.0. The molecular weight excluding hydrogens is 308 g/mol. The SMILES string of the molecule is CCOCCOCCOC(=O)Cn1cc([N+](=O)[O-])cc(C)c1=O. The van der Waals surface area contributed by atoms with Gasteiger partial charge in [0.2, 0.25) is 0 Å². The van der Waals surface area contributed by atoms with E-state index < -0.39 is 16.5 Å². The minimum absolute atomic E-state index is 0.0353. The van der Waals surface area contributed by atoms with Crippen molar-refractivity contribution in [3.63, 3.8) is 0 Å². The largest absolute Gasteiger partial charge is 0.462 e. The van der Waals surface area contributed by atoms with E-state index in [1.807, 2.05) is 6.92 Å². The molecule has 9 heteroatoms. The maximum Gasteiger partial charge on any atom is 0.326 e. The lowest BCUT2D eigenvalue weighted by Crippen LogP contribution is -2.27. The quantitative estimate of drug-likeness (QED) is 0.268. The standard InChI is InChI=1S/C14H20N2O7/c1-3-21-4-5-22-6-7-23-13(17)10-15-9-12(16(19)20)8-11(2)14(15)18/h8-9H,3-7,10H2,1-2H3. The summed E-state index contributed by atoms with van der Waals surface area (Å²) in [6, 6.07) is 1.16. The van der Waals surface area contributed by atoms with Crippen LogP contribution in [0.15, 0.2) is 17.1 Å². The van der Waals surface area contributed by atoms with Crippen molar-refractivity contribution in [3.05, 3.63) is 38.3 Å². The molecule has 0 aliphatic carbocycles. The van der Waals surface area contributed by atoms with Gasteiger partial charge in [-0.3, -0.25) is 24.3 Å². The number of carbonyl (C=O) groups excluding carboxylic acids is 1. The molecule has 0 N–H and O–H groups in total. The van der Waals surface area contributed by atoms with Gasteiger partial charge in [-0.1, -0.05) is 0 Å². The second kappa shape index (κ2) is 9.70. The van der Waals surface area contributed by atoms with Crippen molar-refractivity contribution < 1.29 is 23.9 Å². The predicted octanol–water partition coefficient (Wildman–Crippen LogP) is 0.661. The van der Waals surface area contributed by atoms with Crippen molar-refractivity contribution in [2.45, 2.75) is 20.4 Å². The summed E-state index contributed by atoms with van der Waals surface area (Å²) in [6.45, 7) is 4.65. The zero-order chi connectivity index (χ0) is 17.2. The third kappa shape index (κ3) is 6.57. The molecule has 0 aliphatic heterocycles. The molecule has 0 saturated carbocycles. The Balaban J connectivity index is 2.45. The van der Waals surface area contributed by atoms with Gasteiger partial charge in [0.15, 0.2) is 0 Å². The third-order valence-corrected chi connectivity index (χ3v) is 2.83. The normalized spacial score (nSPS) is 10.5. The fourth-order valence-corrected chi connectivity index (χ4v) is 1.75. The molecule has 0 fully saturated rings. The molecule has 0 spiro atoms. The van der Waals surface area contributed by atoms with Gasteiger partial charge in [-0.05, 0) is 13.8 Å². The Morgan fingerprint density at radius 2 is 1.91 bits per heavy atom. The molecule has 0 aliphatic rings. The predicted molar refractivity (Wildman–Crippen MR) is 80.4 cm³/mol. The number of aromatic nitrogens is 1. The first kappa shape index (κ1) is 18.8. The van der Waals surface area contributed by atoms with Gasteiger partial charge in [-0.15, -0.1) is 0 Å². The summed E-state index contributed by atoms with van der Waals surface area (Å²) >= 11 is 0. The summed E-state index contributed by atoms with van der Waals surface area (Å²) in [5, 5.41) is 10.8. The van der Waals surface area contributed by atoms with Crippen LogP contribution in [0.3, 0.4) is 0 Å². The summed E-state index contributed by atoms with van der Waals surface area (Å²) < 4.78 is 16.1. The van der Waals surface area contributed by atoms with Crippen molar-refractivity contribution in [2.75, 3.05) is 33.0 Å². The molecule has 0 amide bonds. The number of nitro groups is 1. The topological polar surface area (TPSA) is 110 Å². The van der Waals surface area contributed by atoms with E-state index in [2.05, 4.69) is 0 Å². The van der Waals surface area contributed by atoms with Crippen molar-refractivity contribution in [3.8, 4) is 0 Å². The number of pyridine rings is 1. The molecule has 0 unspecified atom stereocenters. The van der Waals surface area contributed by atoms with Crippen LogP contribution in [0.1, 0.15) is 12.5 Å². The van der Waals surface area contributed by atoms with Crippen LogP contribution < -0.4 is 5.56 Å². The van der Waals surface area contributed by atoms with Gasteiger partial charge in [0, 0.05) is 18.2 Å². The maximum absolute atomic E-state index is 11.8. The lowest BCUT2D eigenvalue weighted by Gasteiger charge is -2.08. The summed E-state index contributed by atoms with van der Waals surface area (Å²) in [4.78, 5) is 33.7. The van der Waals surface area contributed by atoms with Crippen LogP contribution in [-0.2, 0) is 25.5 Å². The Hall–Kier alpha value is -2.26. The Labute approximate surface area is 132 Å². The molecule has 9 nitrogen and oxygen atoms in total. The molecule has 1 heterocycles. The molecule has 1 rings (SSSR count). The average Bonchev–Trinajstić information content (AvgIpc) is 2.50. The molecule has 0 bridgehead atoms. The monoisotopic (exact) mass is 328 g/mol. The fourth-order valence-electron chi connectivity index (χ4n) is 1.75. The Morgan fingerprint density at radius 3 is 2.57 bits per heavy atom. The van der Waals surface area contributed by atoms with Crippen molar-refractivity contribution >= 4 is 11.7 Å². The van der Waals surface area contributed by atoms with E-state index in [0.717, 1.165) is 16.8 Å². The minimum Gasteiger partial charge on any atom is -0.462 e. The Morgan fingerprint density at radius 1 is 1.26 bits per heavy atom. The van der Waals surface area contributed by atoms with E-state index in [1.54, 1.807) is 0 Å². The second-order valence-corrected chi connectivity index (χ2v) is 4.60. The Kier molecular flexibility index (Phi) is 7.92. The van der Waals surface area contributed by atoms with Crippen LogP contribution in [0.2, 0.25) is 0 Å². The molecule has 1 aromatic rings. The van der Waals surface area contributed by atoms with Gasteiger partial charge >= 0.3 is 5.97 Å². The van der Waals surface area contributed by atoms with Crippen molar-refractivity contribution in [2.24, 2.45) is 0 Å². The highest BCUT2D eigenvalue weighted by molar-refractivity contribution is 5.69.